The first-order valence-corrected chi connectivity index (χ1v) is 11.3. The second kappa shape index (κ2) is 9.82. The molecule has 5 heteroatoms. The largest absolute Gasteiger partial charge is 0.477 e. The van der Waals surface area contributed by atoms with E-state index in [9.17, 15) is 4.79 Å². The molecule has 1 aliphatic carbocycles. The average molecular weight is 644 g/mol. The summed E-state index contributed by atoms with van der Waals surface area (Å²) in [6.45, 7) is 0. The van der Waals surface area contributed by atoms with Gasteiger partial charge in [-0.15, -0.1) is 29.7 Å². The number of rotatable bonds is 2. The fourth-order valence-electron chi connectivity index (χ4n) is 4.57. The van der Waals surface area contributed by atoms with Crippen molar-refractivity contribution in [1.29, 1.82) is 0 Å². The Morgan fingerprint density at radius 3 is 2.19 bits per heavy atom. The van der Waals surface area contributed by atoms with E-state index in [1.54, 1.807) is 12.1 Å². The fraction of sp³-hybridized carbons (Fsp3) is 0. The molecule has 0 saturated heterocycles. The van der Waals surface area contributed by atoms with Gasteiger partial charge in [0.05, 0.1) is 5.52 Å². The van der Waals surface area contributed by atoms with Gasteiger partial charge < -0.3 is 5.11 Å². The molecule has 0 spiro atoms. The molecule has 0 amide bonds. The molecule has 0 unspecified atom stereocenters. The molecule has 1 radical (unpaired) electrons. The minimum Gasteiger partial charge on any atom is -0.477 e. The van der Waals surface area contributed by atoms with Crippen molar-refractivity contribution in [3.63, 3.8) is 0 Å². The summed E-state index contributed by atoms with van der Waals surface area (Å²) in [5, 5.41) is 11.9. The number of carboxylic acids is 1. The smallest absolute Gasteiger partial charge is 0.354 e. The number of carbonyl (C=O) groups is 1. The fourth-order valence-corrected chi connectivity index (χ4v) is 4.57. The van der Waals surface area contributed by atoms with Crippen molar-refractivity contribution >= 4 is 27.6 Å². The van der Waals surface area contributed by atoms with Gasteiger partial charge in [-0.05, 0) is 40.5 Å². The Morgan fingerprint density at radius 2 is 1.44 bits per heavy atom. The molecule has 36 heavy (non-hydrogen) atoms. The van der Waals surface area contributed by atoms with Crippen molar-refractivity contribution in [2.45, 2.75) is 0 Å². The number of carboxylic acid groups (broad SMARTS) is 1. The van der Waals surface area contributed by atoms with Gasteiger partial charge in [-0.25, -0.2) is 9.78 Å². The van der Waals surface area contributed by atoms with Gasteiger partial charge >= 0.3 is 5.97 Å². The average Bonchev–Trinajstić information content (AvgIpc) is 3.24. The number of aromatic nitrogens is 2. The number of pyridine rings is 2. The van der Waals surface area contributed by atoms with Gasteiger partial charge in [0.25, 0.3) is 0 Å². The van der Waals surface area contributed by atoms with E-state index in [2.05, 4.69) is 96.0 Å². The van der Waals surface area contributed by atoms with E-state index in [4.69, 9.17) is 10.1 Å². The van der Waals surface area contributed by atoms with Crippen molar-refractivity contribution in [2.75, 3.05) is 0 Å². The van der Waals surface area contributed by atoms with Gasteiger partial charge in [0, 0.05) is 37.4 Å². The van der Waals surface area contributed by atoms with Crippen LogP contribution < -0.4 is 0 Å². The van der Waals surface area contributed by atoms with E-state index in [1.165, 1.54) is 45.3 Å². The summed E-state index contributed by atoms with van der Waals surface area (Å²) in [6, 6.07) is 38.1. The molecule has 1 aliphatic rings. The van der Waals surface area contributed by atoms with Crippen LogP contribution in [0.3, 0.4) is 0 Å². The minimum absolute atomic E-state index is 0. The Labute approximate surface area is 221 Å². The molecule has 175 valence electrons. The molecule has 0 atom stereocenters. The summed E-state index contributed by atoms with van der Waals surface area (Å²) in [5.74, 6) is -0.990. The van der Waals surface area contributed by atoms with Crippen LogP contribution in [-0.4, -0.2) is 21.0 Å². The number of aromatic carboxylic acids is 1. The molecular weight excluding hydrogens is 625 g/mol. The van der Waals surface area contributed by atoms with Gasteiger partial charge in [-0.2, -0.15) is 0 Å². The van der Waals surface area contributed by atoms with Crippen LogP contribution >= 0.6 is 0 Å². The molecule has 0 aliphatic heterocycles. The van der Waals surface area contributed by atoms with Crippen LogP contribution in [0, 0.1) is 6.07 Å². The third-order valence-electron chi connectivity index (χ3n) is 6.16. The topological polar surface area (TPSA) is 63.1 Å². The van der Waals surface area contributed by atoms with Gasteiger partial charge in [-0.1, -0.05) is 77.7 Å². The molecule has 7 rings (SSSR count). The normalized spacial score (nSPS) is 10.8. The molecule has 1 N–H and O–H groups in total. The molecule has 0 fully saturated rings. The van der Waals surface area contributed by atoms with E-state index in [1.807, 2.05) is 0 Å². The molecule has 6 aromatic rings. The van der Waals surface area contributed by atoms with Crippen LogP contribution in [0.4, 0.5) is 0 Å². The second-order valence-corrected chi connectivity index (χ2v) is 8.28. The van der Waals surface area contributed by atoms with Crippen LogP contribution in [0.25, 0.3) is 55.2 Å². The van der Waals surface area contributed by atoms with Crippen molar-refractivity contribution in [2.24, 2.45) is 0 Å². The summed E-state index contributed by atoms with van der Waals surface area (Å²) in [7, 11) is 0. The minimum atomic E-state index is -0.990. The maximum Gasteiger partial charge on any atom is 0.354 e. The SMILES string of the molecule is O=C(O)c1ccccn1.[Ir].[c-]1c(-c2cc3c4c(cccc4n2)-c2ccccc2-3)ccc2ccccc12. The van der Waals surface area contributed by atoms with E-state index >= 15 is 0 Å². The van der Waals surface area contributed by atoms with Crippen molar-refractivity contribution in [3.8, 4) is 33.5 Å². The summed E-state index contributed by atoms with van der Waals surface area (Å²) < 4.78 is 0. The maximum absolute atomic E-state index is 10.1. The molecule has 4 nitrogen and oxygen atoms in total. The first-order chi connectivity index (χ1) is 17.2. The maximum atomic E-state index is 10.1. The van der Waals surface area contributed by atoms with Gasteiger partial charge in [0.15, 0.2) is 0 Å². The number of nitrogens with zero attached hydrogens (tertiary/aromatic N) is 2. The Balaban J connectivity index is 0.000000229. The molecule has 0 saturated carbocycles. The standard InChI is InChI=1S/C25H14N.C6H5NO2.Ir/c1-2-7-17-14-18(13-12-16(17)6-1)24-15-22-20-9-4-3-8-19(20)21-10-5-11-23(26-24)25(21)22;8-6(9)5-3-1-2-4-7-5;/h1-13,15H;1-4H,(H,8,9);/q-1;;. The van der Waals surface area contributed by atoms with E-state index < -0.39 is 5.97 Å². The first kappa shape index (κ1) is 23.6. The van der Waals surface area contributed by atoms with Crippen LogP contribution in [0.1, 0.15) is 10.5 Å². The Morgan fingerprint density at radius 1 is 0.722 bits per heavy atom. The van der Waals surface area contributed by atoms with Gasteiger partial charge in [0.2, 0.25) is 0 Å². The second-order valence-electron chi connectivity index (χ2n) is 8.28. The molecule has 4 aromatic carbocycles. The quantitative estimate of drug-likeness (QED) is 0.201. The van der Waals surface area contributed by atoms with Gasteiger partial charge in [-0.3, -0.25) is 4.98 Å². The first-order valence-electron chi connectivity index (χ1n) is 11.3. The van der Waals surface area contributed by atoms with Gasteiger partial charge in [0.1, 0.15) is 5.69 Å². The molecule has 2 aromatic heterocycles. The number of benzene rings is 4. The Kier molecular flexibility index (Phi) is 6.43. The van der Waals surface area contributed by atoms with Crippen LogP contribution in [0.2, 0.25) is 0 Å². The van der Waals surface area contributed by atoms with Crippen molar-refractivity contribution in [3.05, 3.63) is 121 Å². The third kappa shape index (κ3) is 4.20. The van der Waals surface area contributed by atoms with E-state index in [0.717, 1.165) is 22.2 Å². The zero-order valence-electron chi connectivity index (χ0n) is 19.0. The van der Waals surface area contributed by atoms with Crippen molar-refractivity contribution in [1.82, 2.24) is 9.97 Å². The van der Waals surface area contributed by atoms with Crippen LogP contribution in [0.5, 0.6) is 0 Å². The predicted octanol–water partition coefficient (Wildman–Crippen LogP) is 7.28. The number of hydrogen-bond donors (Lipinski definition) is 1. The summed E-state index contributed by atoms with van der Waals surface area (Å²) in [4.78, 5) is 18.7. The third-order valence-corrected chi connectivity index (χ3v) is 6.16. The van der Waals surface area contributed by atoms with E-state index in [0.29, 0.717) is 0 Å². The van der Waals surface area contributed by atoms with Crippen LogP contribution in [0.15, 0.2) is 109 Å². The number of hydrogen-bond acceptors (Lipinski definition) is 3. The molecular formula is C31H19IrN2O2-. The predicted molar refractivity (Wildman–Crippen MR) is 139 cm³/mol. The summed E-state index contributed by atoms with van der Waals surface area (Å²) >= 11 is 0. The Hall–Kier alpha value is -4.18. The number of fused-ring (bicyclic) bond motifs is 4. The Bertz CT molecular complexity index is 1730. The zero-order chi connectivity index (χ0) is 23.8. The molecule has 0 bridgehead atoms. The summed E-state index contributed by atoms with van der Waals surface area (Å²) in [5.41, 5.74) is 8.30. The van der Waals surface area contributed by atoms with Crippen molar-refractivity contribution < 1.29 is 30.0 Å². The zero-order valence-corrected chi connectivity index (χ0v) is 21.4. The van der Waals surface area contributed by atoms with Crippen LogP contribution in [-0.2, 0) is 20.1 Å². The monoisotopic (exact) mass is 644 g/mol. The van der Waals surface area contributed by atoms with E-state index in [-0.39, 0.29) is 25.8 Å². The molecule has 2 heterocycles. The summed E-state index contributed by atoms with van der Waals surface area (Å²) in [6.07, 6.45) is 1.45.